The van der Waals surface area contributed by atoms with E-state index < -0.39 is 0 Å². The molecule has 0 saturated heterocycles. The van der Waals surface area contributed by atoms with Gasteiger partial charge < -0.3 is 4.74 Å². The Kier molecular flexibility index (Phi) is 3.82. The molecule has 92 valence electrons. The maximum atomic E-state index is 12.5. The molecule has 0 N–H and O–H groups in total. The molecule has 2 aromatic carbocycles. The smallest absolute Gasteiger partial charge is 0.197 e. The number of benzene rings is 2. The molecule has 0 aliphatic rings. The van der Waals surface area contributed by atoms with Gasteiger partial charge in [0.15, 0.2) is 5.78 Å². The highest BCUT2D eigenvalue weighted by atomic mass is 79.9. The zero-order valence-electron chi connectivity index (χ0n) is 10.2. The molecule has 18 heavy (non-hydrogen) atoms. The number of carbonyl (C=O) groups excluding carboxylic acids is 1. The van der Waals surface area contributed by atoms with E-state index in [4.69, 9.17) is 4.74 Å². The summed E-state index contributed by atoms with van der Waals surface area (Å²) >= 11 is 3.40. The molecule has 0 aliphatic carbocycles. The van der Waals surface area contributed by atoms with Crippen molar-refractivity contribution in [3.63, 3.8) is 0 Å². The Morgan fingerprint density at radius 2 is 1.83 bits per heavy atom. The van der Waals surface area contributed by atoms with Crippen LogP contribution in [0.5, 0.6) is 5.75 Å². The van der Waals surface area contributed by atoms with Gasteiger partial charge in [-0.05, 0) is 31.2 Å². The lowest BCUT2D eigenvalue weighted by atomic mass is 10.0. The molecule has 3 heteroatoms. The maximum absolute atomic E-state index is 12.5. The molecular formula is C15H13BrO2. The predicted octanol–water partition coefficient (Wildman–Crippen LogP) is 4.00. The molecule has 0 fully saturated rings. The average molecular weight is 305 g/mol. The quantitative estimate of drug-likeness (QED) is 0.801. The molecule has 0 heterocycles. The molecular weight excluding hydrogens is 292 g/mol. The van der Waals surface area contributed by atoms with Gasteiger partial charge in [0.1, 0.15) is 5.75 Å². The number of methoxy groups -OCH3 is 1. The Labute approximate surface area is 115 Å². The largest absolute Gasteiger partial charge is 0.496 e. The van der Waals surface area contributed by atoms with Crippen molar-refractivity contribution in [2.75, 3.05) is 7.11 Å². The van der Waals surface area contributed by atoms with Gasteiger partial charge in [-0.15, -0.1) is 0 Å². The highest BCUT2D eigenvalue weighted by Crippen LogP contribution is 2.26. The third kappa shape index (κ3) is 2.46. The summed E-state index contributed by atoms with van der Waals surface area (Å²) in [6.07, 6.45) is 0. The van der Waals surface area contributed by atoms with Crippen LogP contribution >= 0.6 is 15.9 Å². The van der Waals surface area contributed by atoms with Crippen LogP contribution < -0.4 is 4.74 Å². The number of halogens is 1. The first kappa shape index (κ1) is 12.8. The first-order chi connectivity index (χ1) is 8.63. The molecule has 2 nitrogen and oxygen atoms in total. The van der Waals surface area contributed by atoms with Crippen LogP contribution in [0.1, 0.15) is 21.5 Å². The summed E-state index contributed by atoms with van der Waals surface area (Å²) in [6.45, 7) is 1.95. The van der Waals surface area contributed by atoms with Crippen LogP contribution in [0, 0.1) is 6.92 Å². The molecule has 2 rings (SSSR count). The van der Waals surface area contributed by atoms with Crippen LogP contribution in [-0.4, -0.2) is 12.9 Å². The monoisotopic (exact) mass is 304 g/mol. The number of rotatable bonds is 3. The molecule has 0 unspecified atom stereocenters. The molecule has 0 saturated carbocycles. The van der Waals surface area contributed by atoms with E-state index >= 15 is 0 Å². The number of ether oxygens (including phenoxy) is 1. The fourth-order valence-electron chi connectivity index (χ4n) is 1.79. The predicted molar refractivity (Wildman–Crippen MR) is 75.3 cm³/mol. The molecule has 0 aliphatic heterocycles. The van der Waals surface area contributed by atoms with Gasteiger partial charge in [0.25, 0.3) is 0 Å². The minimum absolute atomic E-state index is 0.0389. The van der Waals surface area contributed by atoms with Crippen molar-refractivity contribution in [3.05, 3.63) is 63.6 Å². The van der Waals surface area contributed by atoms with Crippen LogP contribution in [0.25, 0.3) is 0 Å². The van der Waals surface area contributed by atoms with E-state index in [0.29, 0.717) is 16.9 Å². The second kappa shape index (κ2) is 5.36. The number of carbonyl (C=O) groups is 1. The van der Waals surface area contributed by atoms with Gasteiger partial charge in [-0.1, -0.05) is 39.7 Å². The van der Waals surface area contributed by atoms with Crippen molar-refractivity contribution in [2.24, 2.45) is 0 Å². The summed E-state index contributed by atoms with van der Waals surface area (Å²) in [7, 11) is 1.57. The van der Waals surface area contributed by atoms with E-state index in [-0.39, 0.29) is 5.78 Å². The lowest BCUT2D eigenvalue weighted by Crippen LogP contribution is -2.05. The van der Waals surface area contributed by atoms with Crippen molar-refractivity contribution in [1.29, 1.82) is 0 Å². The zero-order valence-corrected chi connectivity index (χ0v) is 11.8. The van der Waals surface area contributed by atoms with Crippen LogP contribution in [0.3, 0.4) is 0 Å². The van der Waals surface area contributed by atoms with Gasteiger partial charge in [-0.2, -0.15) is 0 Å². The van der Waals surface area contributed by atoms with E-state index in [2.05, 4.69) is 15.9 Å². The Bertz CT molecular complexity index is 591. The van der Waals surface area contributed by atoms with E-state index in [0.717, 1.165) is 10.0 Å². The summed E-state index contributed by atoms with van der Waals surface area (Å²) < 4.78 is 6.04. The molecule has 0 bridgehead atoms. The summed E-state index contributed by atoms with van der Waals surface area (Å²) in [6, 6.07) is 13.0. The van der Waals surface area contributed by atoms with Crippen molar-refractivity contribution in [2.45, 2.75) is 6.92 Å². The van der Waals surface area contributed by atoms with E-state index in [1.807, 2.05) is 43.3 Å². The lowest BCUT2D eigenvalue weighted by molar-refractivity contribution is 0.103. The second-order valence-electron chi connectivity index (χ2n) is 4.01. The molecule has 0 atom stereocenters. The molecule has 0 aromatic heterocycles. The number of aryl methyl sites for hydroxylation is 1. The summed E-state index contributed by atoms with van der Waals surface area (Å²) in [4.78, 5) is 12.5. The fraction of sp³-hybridized carbons (Fsp3) is 0.133. The topological polar surface area (TPSA) is 26.3 Å². The van der Waals surface area contributed by atoms with Crippen LogP contribution in [0.15, 0.2) is 46.9 Å². The molecule has 2 aromatic rings. The van der Waals surface area contributed by atoms with Crippen LogP contribution in [0.4, 0.5) is 0 Å². The van der Waals surface area contributed by atoms with Crippen molar-refractivity contribution >= 4 is 21.7 Å². The zero-order chi connectivity index (χ0) is 13.1. The standard InChI is InChI=1S/C15H13BrO2/c1-10-7-8-14(18-2)12(9-10)15(17)11-5-3-4-6-13(11)16/h3-9H,1-2H3. The van der Waals surface area contributed by atoms with Gasteiger partial charge in [-0.3, -0.25) is 4.79 Å². The summed E-state index contributed by atoms with van der Waals surface area (Å²) in [5.41, 5.74) is 2.26. The van der Waals surface area contributed by atoms with Gasteiger partial charge in [0, 0.05) is 10.0 Å². The highest BCUT2D eigenvalue weighted by Gasteiger charge is 2.16. The summed E-state index contributed by atoms with van der Waals surface area (Å²) in [5.74, 6) is 0.560. The van der Waals surface area contributed by atoms with Crippen molar-refractivity contribution in [1.82, 2.24) is 0 Å². The van der Waals surface area contributed by atoms with Crippen molar-refractivity contribution < 1.29 is 9.53 Å². The van der Waals surface area contributed by atoms with Crippen LogP contribution in [0.2, 0.25) is 0 Å². The third-order valence-electron chi connectivity index (χ3n) is 2.72. The number of hydrogen-bond donors (Lipinski definition) is 0. The number of ketones is 1. The van der Waals surface area contributed by atoms with Crippen LogP contribution in [-0.2, 0) is 0 Å². The first-order valence-electron chi connectivity index (χ1n) is 5.57. The maximum Gasteiger partial charge on any atom is 0.197 e. The van der Waals surface area contributed by atoms with Crippen molar-refractivity contribution in [3.8, 4) is 5.75 Å². The normalized spacial score (nSPS) is 10.2. The lowest BCUT2D eigenvalue weighted by Gasteiger charge is -2.09. The Hall–Kier alpha value is -1.61. The minimum atomic E-state index is -0.0389. The van der Waals surface area contributed by atoms with E-state index in [1.54, 1.807) is 13.2 Å². The first-order valence-corrected chi connectivity index (χ1v) is 6.36. The molecule has 0 radical (unpaired) electrons. The number of hydrogen-bond acceptors (Lipinski definition) is 2. The van der Waals surface area contributed by atoms with Gasteiger partial charge in [-0.25, -0.2) is 0 Å². The van der Waals surface area contributed by atoms with E-state index in [1.165, 1.54) is 0 Å². The summed E-state index contributed by atoms with van der Waals surface area (Å²) in [5, 5.41) is 0. The Morgan fingerprint density at radius 3 is 2.50 bits per heavy atom. The second-order valence-corrected chi connectivity index (χ2v) is 4.87. The highest BCUT2D eigenvalue weighted by molar-refractivity contribution is 9.10. The van der Waals surface area contributed by atoms with Gasteiger partial charge in [0.05, 0.1) is 12.7 Å². The van der Waals surface area contributed by atoms with E-state index in [9.17, 15) is 4.79 Å². The molecule has 0 amide bonds. The Morgan fingerprint density at radius 1 is 1.11 bits per heavy atom. The van der Waals surface area contributed by atoms with Gasteiger partial charge in [0.2, 0.25) is 0 Å². The third-order valence-corrected chi connectivity index (χ3v) is 3.41. The SMILES string of the molecule is COc1ccc(C)cc1C(=O)c1ccccc1Br. The Balaban J connectivity index is 2.52. The average Bonchev–Trinajstić information content (AvgIpc) is 2.38. The molecule has 0 spiro atoms. The minimum Gasteiger partial charge on any atom is -0.496 e. The fourth-order valence-corrected chi connectivity index (χ4v) is 2.25. The van der Waals surface area contributed by atoms with Gasteiger partial charge >= 0.3 is 0 Å².